The number of Topliss-reactive ketones (excluding diaryl/α,β-unsaturated/α-hetero) is 1. The van der Waals surface area contributed by atoms with E-state index in [9.17, 15) is 47.9 Å². The van der Waals surface area contributed by atoms with E-state index in [-0.39, 0.29) is 81.5 Å². The average Bonchev–Trinajstić information content (AvgIpc) is 3.89. The van der Waals surface area contributed by atoms with Crippen LogP contribution in [0.2, 0.25) is 0 Å². The van der Waals surface area contributed by atoms with Gasteiger partial charge >= 0.3 is 0 Å². The Hall–Kier alpha value is -6.02. The predicted molar refractivity (Wildman–Crippen MR) is 285 cm³/mol. The minimum absolute atomic E-state index is 0.0632. The standard InChI is InChI=1S/C50H91N15O10/c1-35(30-38-16-15-25-56-38)47(72)62-36(2)48(73)61-34-45(70)57-24-14-6-4-5-7-20-42(67)58-28-26-54-31-43(68)60-33-44(69)59-29-27-55-32-46(71)63-40(18-9-12-22-52)49(74)65-41(19-10-13-23-53)50(75)64-39(37(3)66)17-8-11-21-51/h15-16,25,35-36,39-41,54-56H,4-14,17-24,26-34,51-53H2,1-3H3,(H,57,70)(H,58,67)(H,59,69)(H,60,68)(H,61,73)(H,62,72)(H,63,71)(H,64,75)(H,65,74)/t35?,36-,39-,40-,41?/m0/s1. The molecule has 0 saturated carbocycles. The SMILES string of the molecule is CC(=O)[C@H](CCCCN)NC(=O)C(CCCCN)NC(=O)[C@H](CCCCN)NC(=O)CNCCNC(=O)CNC(=O)CNCCNC(=O)CCCCCCCNC(=O)CNC(=O)[C@H](C)NC(=O)C(C)Cc1ccc[nH]1. The lowest BCUT2D eigenvalue weighted by atomic mass is 10.0. The predicted octanol–water partition coefficient (Wildman–Crippen LogP) is -2.77. The van der Waals surface area contributed by atoms with Crippen LogP contribution in [0.3, 0.4) is 0 Å². The normalized spacial score (nSPS) is 12.9. The molecular weight excluding hydrogens is 971 g/mol. The molecule has 0 saturated heterocycles. The number of aromatic nitrogens is 1. The van der Waals surface area contributed by atoms with Crippen molar-refractivity contribution in [2.24, 2.45) is 23.1 Å². The van der Waals surface area contributed by atoms with Gasteiger partial charge in [0.25, 0.3) is 0 Å². The second-order valence-electron chi connectivity index (χ2n) is 18.7. The number of nitrogens with two attached hydrogens (primary N) is 3. The first kappa shape index (κ1) is 67.0. The molecule has 0 fully saturated rings. The van der Waals surface area contributed by atoms with Gasteiger partial charge in [-0.2, -0.15) is 0 Å². The number of nitrogens with one attached hydrogen (secondary N) is 12. The molecule has 0 spiro atoms. The van der Waals surface area contributed by atoms with Crippen LogP contribution in [0.4, 0.5) is 0 Å². The van der Waals surface area contributed by atoms with Crippen molar-refractivity contribution in [2.75, 3.05) is 78.5 Å². The Morgan fingerprint density at radius 1 is 0.467 bits per heavy atom. The van der Waals surface area contributed by atoms with Gasteiger partial charge in [-0.3, -0.25) is 47.9 Å². The van der Waals surface area contributed by atoms with Gasteiger partial charge in [0.15, 0.2) is 5.78 Å². The molecule has 426 valence electrons. The zero-order valence-corrected chi connectivity index (χ0v) is 44.7. The molecule has 0 aromatic carbocycles. The molecule has 1 rings (SSSR count). The van der Waals surface area contributed by atoms with Crippen LogP contribution in [-0.2, 0) is 54.4 Å². The highest BCUT2D eigenvalue weighted by molar-refractivity contribution is 5.94. The molecule has 9 amide bonds. The number of carbonyl (C=O) groups excluding carboxylic acids is 10. The highest BCUT2D eigenvalue weighted by atomic mass is 16.2. The lowest BCUT2D eigenvalue weighted by Gasteiger charge is -2.25. The number of hydrogen-bond acceptors (Lipinski definition) is 15. The van der Waals surface area contributed by atoms with Crippen LogP contribution in [0.1, 0.15) is 123 Å². The molecular formula is C50H91N15O10. The first-order valence-corrected chi connectivity index (χ1v) is 26.7. The van der Waals surface area contributed by atoms with E-state index in [0.717, 1.165) is 31.4 Å². The molecule has 25 heteroatoms. The number of hydrogen-bond donors (Lipinski definition) is 15. The van der Waals surface area contributed by atoms with Gasteiger partial charge in [-0.1, -0.05) is 26.2 Å². The Kier molecular flexibility index (Phi) is 37.7. The summed E-state index contributed by atoms with van der Waals surface area (Å²) in [7, 11) is 0. The van der Waals surface area contributed by atoms with Crippen LogP contribution < -0.4 is 75.7 Å². The molecule has 75 heavy (non-hydrogen) atoms. The van der Waals surface area contributed by atoms with E-state index in [2.05, 4.69) is 63.5 Å². The smallest absolute Gasteiger partial charge is 0.243 e. The monoisotopic (exact) mass is 1060 g/mol. The molecule has 0 aliphatic heterocycles. The number of ketones is 1. The van der Waals surface area contributed by atoms with E-state index in [0.29, 0.717) is 103 Å². The van der Waals surface area contributed by atoms with Gasteiger partial charge < -0.3 is 80.7 Å². The highest BCUT2D eigenvalue weighted by Crippen LogP contribution is 2.10. The molecule has 5 atom stereocenters. The van der Waals surface area contributed by atoms with Gasteiger partial charge in [0.05, 0.1) is 32.2 Å². The summed E-state index contributed by atoms with van der Waals surface area (Å²) in [6, 6.07) is 0.330. The maximum absolute atomic E-state index is 13.5. The average molecular weight is 1060 g/mol. The molecule has 0 aliphatic rings. The van der Waals surface area contributed by atoms with Gasteiger partial charge in [0, 0.05) is 57.0 Å². The van der Waals surface area contributed by atoms with Gasteiger partial charge in [0.2, 0.25) is 53.2 Å². The molecule has 0 aliphatic carbocycles. The summed E-state index contributed by atoms with van der Waals surface area (Å²) >= 11 is 0. The number of unbranched alkanes of at least 4 members (excludes halogenated alkanes) is 7. The van der Waals surface area contributed by atoms with Gasteiger partial charge in [-0.25, -0.2) is 0 Å². The zero-order valence-electron chi connectivity index (χ0n) is 44.7. The summed E-state index contributed by atoms with van der Waals surface area (Å²) in [5.41, 5.74) is 17.8. The molecule has 1 heterocycles. The second kappa shape index (κ2) is 42.2. The van der Waals surface area contributed by atoms with E-state index in [1.807, 2.05) is 12.1 Å². The van der Waals surface area contributed by atoms with E-state index in [1.54, 1.807) is 20.0 Å². The van der Waals surface area contributed by atoms with Crippen LogP contribution in [0.15, 0.2) is 18.3 Å². The number of carbonyl (C=O) groups is 10. The molecule has 25 nitrogen and oxygen atoms in total. The first-order valence-electron chi connectivity index (χ1n) is 26.7. The van der Waals surface area contributed by atoms with Gasteiger partial charge in [-0.05, 0) is 123 Å². The summed E-state index contributed by atoms with van der Waals surface area (Å²) in [4.78, 5) is 129. The Labute approximate surface area is 442 Å². The molecule has 1 aromatic rings. The van der Waals surface area contributed by atoms with Crippen molar-refractivity contribution in [2.45, 2.75) is 148 Å². The zero-order chi connectivity index (χ0) is 55.6. The summed E-state index contributed by atoms with van der Waals surface area (Å²) in [6.07, 6.45) is 11.4. The van der Waals surface area contributed by atoms with E-state index < -0.39 is 59.6 Å². The second-order valence-corrected chi connectivity index (χ2v) is 18.7. The minimum Gasteiger partial charge on any atom is -0.365 e. The third-order valence-corrected chi connectivity index (χ3v) is 11.9. The van der Waals surface area contributed by atoms with E-state index >= 15 is 0 Å². The molecule has 2 unspecified atom stereocenters. The third kappa shape index (κ3) is 34.2. The maximum Gasteiger partial charge on any atom is 0.243 e. The van der Waals surface area contributed by atoms with Gasteiger partial charge in [0.1, 0.15) is 18.1 Å². The van der Waals surface area contributed by atoms with Crippen LogP contribution in [0, 0.1) is 5.92 Å². The highest BCUT2D eigenvalue weighted by Gasteiger charge is 2.29. The van der Waals surface area contributed by atoms with E-state index in [4.69, 9.17) is 17.2 Å². The topological polar surface area (TPSA) is 397 Å². The van der Waals surface area contributed by atoms with Crippen molar-refractivity contribution in [3.05, 3.63) is 24.0 Å². The lowest BCUT2D eigenvalue weighted by molar-refractivity contribution is -0.133. The van der Waals surface area contributed by atoms with E-state index in [1.165, 1.54) is 6.92 Å². The summed E-state index contributed by atoms with van der Waals surface area (Å²) in [6.45, 7) is 6.79. The van der Waals surface area contributed by atoms with Crippen LogP contribution >= 0.6 is 0 Å². The van der Waals surface area contributed by atoms with Crippen LogP contribution in [-0.4, -0.2) is 167 Å². The quantitative estimate of drug-likeness (QED) is 0.0294. The molecule has 18 N–H and O–H groups in total. The van der Waals surface area contributed by atoms with Gasteiger partial charge in [-0.15, -0.1) is 0 Å². The van der Waals surface area contributed by atoms with Crippen LogP contribution in [0.25, 0.3) is 0 Å². The Bertz CT molecular complexity index is 1860. The molecule has 0 bridgehead atoms. The fourth-order valence-corrected chi connectivity index (χ4v) is 7.45. The largest absolute Gasteiger partial charge is 0.365 e. The van der Waals surface area contributed by atoms with Crippen LogP contribution in [0.5, 0.6) is 0 Å². The number of aromatic amines is 1. The van der Waals surface area contributed by atoms with Crippen molar-refractivity contribution in [1.82, 2.24) is 63.5 Å². The fourth-order valence-electron chi connectivity index (χ4n) is 7.45. The summed E-state index contributed by atoms with van der Waals surface area (Å²) in [5, 5.41) is 30.0. The van der Waals surface area contributed by atoms with Crippen molar-refractivity contribution in [3.8, 4) is 0 Å². The van der Waals surface area contributed by atoms with Crippen molar-refractivity contribution >= 4 is 58.9 Å². The minimum atomic E-state index is -0.957. The number of rotatable bonds is 45. The summed E-state index contributed by atoms with van der Waals surface area (Å²) in [5.74, 6) is -4.04. The lowest BCUT2D eigenvalue weighted by Crippen LogP contribution is -2.56. The molecule has 0 radical (unpaired) electrons. The van der Waals surface area contributed by atoms with Crippen molar-refractivity contribution < 1.29 is 47.9 Å². The Morgan fingerprint density at radius 3 is 1.53 bits per heavy atom. The maximum atomic E-state index is 13.5. The summed E-state index contributed by atoms with van der Waals surface area (Å²) < 4.78 is 0. The Balaban J connectivity index is 2.21. The van der Waals surface area contributed by atoms with Crippen molar-refractivity contribution in [3.63, 3.8) is 0 Å². The third-order valence-electron chi connectivity index (χ3n) is 11.9. The Morgan fingerprint density at radius 2 is 0.960 bits per heavy atom. The van der Waals surface area contributed by atoms with Crippen molar-refractivity contribution in [1.29, 1.82) is 0 Å². The number of H-pyrrole nitrogens is 1. The number of amides is 9. The first-order chi connectivity index (χ1) is 36.0. The fraction of sp³-hybridized carbons (Fsp3) is 0.720. The molecule has 1 aromatic heterocycles.